The Balaban J connectivity index is 4.42. The first-order valence-electron chi connectivity index (χ1n) is 30.0. The molecular weight excluding hydrogens is 925 g/mol. The standard InChI is InChI=1S/C69H108O6/c1-4-7-10-13-16-19-22-25-28-29-30-31-32-33-34-35-36-37-38-39-42-44-47-50-53-56-59-62-68(71)74-65-66(75-69(72)63-60-57-54-51-48-45-41-27-24-21-18-15-12-9-6-3)64-73-67(70)61-58-55-52-49-46-43-40-26-23-20-17-14-11-8-5-2/h7-12,16-21,25-28,30-31,33-34,36-37,40-41,48,51,66H,4-6,13-15,22-24,29,32,35,38-39,42-47,49-50,52-65H2,1-3H3/b10-7-,11-8-,12-9-,19-16-,20-17-,21-18-,28-25-,31-30-,34-33-,37-36-,40-26-,41-27-,51-48-. The second-order valence-corrected chi connectivity index (χ2v) is 19.1. The molecule has 6 heteroatoms. The van der Waals surface area contributed by atoms with Gasteiger partial charge in [0.2, 0.25) is 0 Å². The van der Waals surface area contributed by atoms with Crippen LogP contribution in [0.5, 0.6) is 0 Å². The smallest absolute Gasteiger partial charge is 0.306 e. The molecule has 0 N–H and O–H groups in total. The maximum absolute atomic E-state index is 12.8. The summed E-state index contributed by atoms with van der Waals surface area (Å²) < 4.78 is 16.8. The van der Waals surface area contributed by atoms with Crippen LogP contribution in [0.2, 0.25) is 0 Å². The van der Waals surface area contributed by atoms with Gasteiger partial charge in [0.15, 0.2) is 6.10 Å². The Morgan fingerprint density at radius 2 is 0.480 bits per heavy atom. The van der Waals surface area contributed by atoms with Crippen LogP contribution in [0.3, 0.4) is 0 Å². The van der Waals surface area contributed by atoms with Gasteiger partial charge < -0.3 is 14.2 Å². The van der Waals surface area contributed by atoms with Crippen molar-refractivity contribution >= 4 is 17.9 Å². The van der Waals surface area contributed by atoms with E-state index in [0.717, 1.165) is 161 Å². The third-order valence-corrected chi connectivity index (χ3v) is 12.0. The minimum absolute atomic E-state index is 0.112. The van der Waals surface area contributed by atoms with E-state index >= 15 is 0 Å². The Bertz CT molecular complexity index is 1710. The highest BCUT2D eigenvalue weighted by atomic mass is 16.6. The number of esters is 3. The second kappa shape index (κ2) is 61.6. The third kappa shape index (κ3) is 59.8. The molecule has 0 heterocycles. The topological polar surface area (TPSA) is 78.9 Å². The first kappa shape index (κ1) is 70.0. The van der Waals surface area contributed by atoms with Crippen LogP contribution in [0, 0.1) is 0 Å². The van der Waals surface area contributed by atoms with E-state index in [-0.39, 0.29) is 37.5 Å². The molecule has 0 aromatic rings. The van der Waals surface area contributed by atoms with Gasteiger partial charge in [-0.1, -0.05) is 237 Å². The van der Waals surface area contributed by atoms with Gasteiger partial charge in [-0.3, -0.25) is 14.4 Å². The molecule has 0 amide bonds. The van der Waals surface area contributed by atoms with Crippen molar-refractivity contribution in [3.05, 3.63) is 158 Å². The first-order chi connectivity index (χ1) is 37.0. The fourth-order valence-electron chi connectivity index (χ4n) is 7.63. The molecule has 0 radical (unpaired) electrons. The van der Waals surface area contributed by atoms with Crippen molar-refractivity contribution in [1.29, 1.82) is 0 Å². The zero-order valence-electron chi connectivity index (χ0n) is 48.0. The Kier molecular flexibility index (Phi) is 57.5. The Morgan fingerprint density at radius 1 is 0.267 bits per heavy atom. The van der Waals surface area contributed by atoms with Gasteiger partial charge in [0.25, 0.3) is 0 Å². The molecule has 0 bridgehead atoms. The average molecular weight is 1030 g/mol. The number of unbranched alkanes of at least 4 members (excludes halogenated alkanes) is 15. The zero-order valence-corrected chi connectivity index (χ0v) is 48.0. The molecule has 1 atom stereocenters. The molecule has 0 saturated carbocycles. The van der Waals surface area contributed by atoms with Gasteiger partial charge in [-0.25, -0.2) is 0 Å². The lowest BCUT2D eigenvalue weighted by atomic mass is 10.1. The van der Waals surface area contributed by atoms with Gasteiger partial charge >= 0.3 is 17.9 Å². The van der Waals surface area contributed by atoms with E-state index in [9.17, 15) is 14.4 Å². The minimum Gasteiger partial charge on any atom is -0.462 e. The number of hydrogen-bond donors (Lipinski definition) is 0. The first-order valence-corrected chi connectivity index (χ1v) is 30.0. The number of rotatable bonds is 52. The van der Waals surface area contributed by atoms with Crippen molar-refractivity contribution in [2.45, 2.75) is 245 Å². The number of carbonyl (C=O) groups excluding carboxylic acids is 3. The summed E-state index contributed by atoms with van der Waals surface area (Å²) in [6.45, 7) is 6.23. The molecule has 6 nitrogen and oxygen atoms in total. The molecular formula is C69H108O6. The molecule has 0 saturated heterocycles. The summed E-state index contributed by atoms with van der Waals surface area (Å²) in [5, 5.41) is 0. The molecule has 0 fully saturated rings. The molecule has 75 heavy (non-hydrogen) atoms. The molecule has 0 aliphatic heterocycles. The highest BCUT2D eigenvalue weighted by Crippen LogP contribution is 2.14. The minimum atomic E-state index is -0.819. The van der Waals surface area contributed by atoms with Crippen LogP contribution in [0.25, 0.3) is 0 Å². The lowest BCUT2D eigenvalue weighted by Gasteiger charge is -2.18. The van der Waals surface area contributed by atoms with Crippen molar-refractivity contribution < 1.29 is 28.6 Å². The van der Waals surface area contributed by atoms with Crippen LogP contribution in [0.15, 0.2) is 158 Å². The molecule has 1 unspecified atom stereocenters. The monoisotopic (exact) mass is 1030 g/mol. The second-order valence-electron chi connectivity index (χ2n) is 19.1. The highest BCUT2D eigenvalue weighted by Gasteiger charge is 2.19. The van der Waals surface area contributed by atoms with E-state index in [2.05, 4.69) is 179 Å². The molecule has 0 aromatic heterocycles. The summed E-state index contributed by atoms with van der Waals surface area (Å²) in [5.74, 6) is -0.985. The van der Waals surface area contributed by atoms with E-state index in [1.807, 2.05) is 0 Å². The van der Waals surface area contributed by atoms with E-state index in [1.54, 1.807) is 0 Å². The van der Waals surface area contributed by atoms with Crippen molar-refractivity contribution in [2.75, 3.05) is 13.2 Å². The Hall–Kier alpha value is -4.97. The Labute approximate surface area is 460 Å². The van der Waals surface area contributed by atoms with Crippen LogP contribution in [0.4, 0.5) is 0 Å². The summed E-state index contributed by atoms with van der Waals surface area (Å²) in [6.07, 6.45) is 89.6. The Morgan fingerprint density at radius 3 is 0.773 bits per heavy atom. The molecule has 0 aromatic carbocycles. The largest absolute Gasteiger partial charge is 0.462 e. The molecule has 0 rings (SSSR count). The summed E-state index contributed by atoms with van der Waals surface area (Å²) in [5.41, 5.74) is 0. The number of allylic oxidation sites excluding steroid dienone is 26. The van der Waals surface area contributed by atoms with Gasteiger partial charge in [0, 0.05) is 19.3 Å². The predicted octanol–water partition coefficient (Wildman–Crippen LogP) is 20.5. The fraction of sp³-hybridized carbons (Fsp3) is 0.580. The van der Waals surface area contributed by atoms with Crippen LogP contribution in [-0.4, -0.2) is 37.2 Å². The summed E-state index contributed by atoms with van der Waals surface area (Å²) in [4.78, 5) is 38.2. The average Bonchev–Trinajstić information content (AvgIpc) is 3.41. The molecule has 0 spiro atoms. The van der Waals surface area contributed by atoms with Crippen molar-refractivity contribution in [3.63, 3.8) is 0 Å². The summed E-state index contributed by atoms with van der Waals surface area (Å²) in [6, 6.07) is 0. The van der Waals surface area contributed by atoms with Gasteiger partial charge in [-0.05, 0) is 141 Å². The van der Waals surface area contributed by atoms with Crippen LogP contribution >= 0.6 is 0 Å². The van der Waals surface area contributed by atoms with Gasteiger partial charge in [-0.2, -0.15) is 0 Å². The maximum atomic E-state index is 12.8. The highest BCUT2D eigenvalue weighted by molar-refractivity contribution is 5.71. The van der Waals surface area contributed by atoms with Crippen molar-refractivity contribution in [2.24, 2.45) is 0 Å². The van der Waals surface area contributed by atoms with Crippen molar-refractivity contribution in [1.82, 2.24) is 0 Å². The van der Waals surface area contributed by atoms with E-state index in [4.69, 9.17) is 14.2 Å². The van der Waals surface area contributed by atoms with Gasteiger partial charge in [0.1, 0.15) is 13.2 Å². The molecule has 0 aliphatic rings. The van der Waals surface area contributed by atoms with E-state index in [0.29, 0.717) is 19.3 Å². The fourth-order valence-corrected chi connectivity index (χ4v) is 7.63. The predicted molar refractivity (Wildman–Crippen MR) is 325 cm³/mol. The SMILES string of the molecule is CC/C=C\C/C=C\C/C=C\C/C=C\C/C=C\C/C=C\CCCCCCCCCCC(=O)OCC(COC(=O)CCCCCCC/C=C\C/C=C\C/C=C\CC)OC(=O)CCCC/C=C\C/C=C\C/C=C\C/C=C\CC. The van der Waals surface area contributed by atoms with Crippen LogP contribution in [-0.2, 0) is 28.6 Å². The number of hydrogen-bond acceptors (Lipinski definition) is 6. The van der Waals surface area contributed by atoms with Gasteiger partial charge in [0.05, 0.1) is 0 Å². The van der Waals surface area contributed by atoms with Crippen LogP contribution < -0.4 is 0 Å². The lowest BCUT2D eigenvalue weighted by molar-refractivity contribution is -0.167. The lowest BCUT2D eigenvalue weighted by Crippen LogP contribution is -2.30. The van der Waals surface area contributed by atoms with Gasteiger partial charge in [-0.15, -0.1) is 0 Å². The molecule has 0 aliphatic carbocycles. The van der Waals surface area contributed by atoms with E-state index < -0.39 is 6.10 Å². The number of carbonyl (C=O) groups is 3. The van der Waals surface area contributed by atoms with Crippen molar-refractivity contribution in [3.8, 4) is 0 Å². The zero-order chi connectivity index (χ0) is 54.3. The normalized spacial score (nSPS) is 13.3. The molecule has 420 valence electrons. The van der Waals surface area contributed by atoms with E-state index in [1.165, 1.54) is 32.1 Å². The maximum Gasteiger partial charge on any atom is 0.306 e. The quantitative estimate of drug-likeness (QED) is 0.0261. The van der Waals surface area contributed by atoms with Crippen LogP contribution in [0.1, 0.15) is 239 Å². The summed E-state index contributed by atoms with van der Waals surface area (Å²) in [7, 11) is 0. The number of ether oxygens (including phenoxy) is 3. The summed E-state index contributed by atoms with van der Waals surface area (Å²) >= 11 is 0. The third-order valence-electron chi connectivity index (χ3n) is 12.0.